The number of carbonyl (C=O) groups excluding carboxylic acids is 5. The Morgan fingerprint density at radius 2 is 0.655 bits per heavy atom. The number of esters is 5. The lowest BCUT2D eigenvalue weighted by atomic mass is 9.87. The minimum atomic E-state index is -1.06. The van der Waals surface area contributed by atoms with Crippen molar-refractivity contribution in [2.75, 3.05) is 65.4 Å². The molecule has 1 aliphatic carbocycles. The molecule has 0 aromatic rings. The first-order valence-electron chi connectivity index (χ1n) is 20.4. The summed E-state index contributed by atoms with van der Waals surface area (Å²) in [5.41, 5.74) is -3.79. The third-order valence-corrected chi connectivity index (χ3v) is 8.22. The predicted molar refractivity (Wildman–Crippen MR) is 219 cm³/mol. The Bertz CT molecular complexity index is 1310. The van der Waals surface area contributed by atoms with Crippen molar-refractivity contribution in [3.63, 3.8) is 0 Å². The molecule has 16 heteroatoms. The summed E-state index contributed by atoms with van der Waals surface area (Å²) in [6.45, 7) is 25.7. The third kappa shape index (κ3) is 25.2. The molecule has 0 saturated heterocycles. The second-order valence-electron chi connectivity index (χ2n) is 20.1. The summed E-state index contributed by atoms with van der Waals surface area (Å²) < 4.78 is 28.0. The van der Waals surface area contributed by atoms with E-state index in [2.05, 4.69) is 0 Å². The summed E-state index contributed by atoms with van der Waals surface area (Å²) >= 11 is 0. The number of carboxylic acids is 1. The largest absolute Gasteiger partial charge is 0.480 e. The van der Waals surface area contributed by atoms with Crippen molar-refractivity contribution >= 4 is 35.8 Å². The van der Waals surface area contributed by atoms with E-state index in [1.807, 2.05) is 9.80 Å². The van der Waals surface area contributed by atoms with Crippen LogP contribution in [0.2, 0.25) is 0 Å². The molecule has 1 aliphatic rings. The van der Waals surface area contributed by atoms with Gasteiger partial charge in [-0.05, 0) is 117 Å². The van der Waals surface area contributed by atoms with Gasteiger partial charge in [0.15, 0.2) is 0 Å². The van der Waals surface area contributed by atoms with E-state index < -0.39 is 63.8 Å². The summed E-state index contributed by atoms with van der Waals surface area (Å²) in [4.78, 5) is 84.9. The normalized spacial score (nSPS) is 17.0. The molecule has 0 radical (unpaired) electrons. The van der Waals surface area contributed by atoms with Crippen LogP contribution < -0.4 is 0 Å². The molecule has 1 rings (SSSR count). The Labute approximate surface area is 347 Å². The van der Waals surface area contributed by atoms with Gasteiger partial charge in [-0.1, -0.05) is 12.8 Å². The number of aliphatic carboxylic acids is 1. The van der Waals surface area contributed by atoms with E-state index >= 15 is 0 Å². The quantitative estimate of drug-likeness (QED) is 0.135. The molecule has 58 heavy (non-hydrogen) atoms. The number of rotatable bonds is 20. The van der Waals surface area contributed by atoms with Crippen LogP contribution in [0.4, 0.5) is 0 Å². The molecular formula is C42H76N4O12. The topological polar surface area (TPSA) is 182 Å². The standard InChI is InChI=1S/C42H76N4O12/c1-38(2,3)54-33(49)25-43(26-34(50)55-39(4,5)6)20-22-45(24-32(47)48)30-18-16-17-19-31(30)46(29-37(53)58-42(13,14)15)23-21-44(27-35(51)56-40(7,8)9)28-36(52)57-41(10,11)12/h30-31H,16-29H2,1-15H3,(H,47,48)/t30-,31-/m0/s1. The Balaban J connectivity index is 3.56. The van der Waals surface area contributed by atoms with E-state index in [0.717, 1.165) is 12.8 Å². The highest BCUT2D eigenvalue weighted by Gasteiger charge is 2.37. The number of carboxylic acid groups (broad SMARTS) is 1. The molecule has 0 spiro atoms. The van der Waals surface area contributed by atoms with Crippen LogP contribution in [0, 0.1) is 0 Å². The fourth-order valence-corrected chi connectivity index (χ4v) is 6.57. The SMILES string of the molecule is CC(C)(C)OC(=O)CN(CCN(CC(=O)O)[C@H]1CCCC[C@@H]1N(CCN(CC(=O)OC(C)(C)C)CC(=O)OC(C)(C)C)CC(=O)OC(C)(C)C)CC(=O)OC(C)(C)C. The molecule has 1 fully saturated rings. The number of carbonyl (C=O) groups is 6. The van der Waals surface area contributed by atoms with Crippen molar-refractivity contribution in [1.82, 2.24) is 19.6 Å². The fraction of sp³-hybridized carbons (Fsp3) is 0.857. The number of hydrogen-bond acceptors (Lipinski definition) is 15. The third-order valence-electron chi connectivity index (χ3n) is 8.22. The summed E-state index contributed by atoms with van der Waals surface area (Å²) in [6.07, 6.45) is 2.86. The van der Waals surface area contributed by atoms with Crippen LogP contribution >= 0.6 is 0 Å². The highest BCUT2D eigenvalue weighted by Crippen LogP contribution is 2.28. The molecule has 1 N–H and O–H groups in total. The first-order valence-corrected chi connectivity index (χ1v) is 20.4. The van der Waals surface area contributed by atoms with Crippen molar-refractivity contribution in [1.29, 1.82) is 0 Å². The molecule has 0 aliphatic heterocycles. The summed E-state index contributed by atoms with van der Waals surface area (Å²) in [7, 11) is 0. The van der Waals surface area contributed by atoms with Crippen LogP contribution in [0.1, 0.15) is 130 Å². The highest BCUT2D eigenvalue weighted by molar-refractivity contribution is 5.76. The zero-order chi connectivity index (χ0) is 44.9. The fourth-order valence-electron chi connectivity index (χ4n) is 6.57. The Hall–Kier alpha value is -3.34. The molecule has 2 atom stereocenters. The van der Waals surface area contributed by atoms with Gasteiger partial charge in [0.05, 0.1) is 39.3 Å². The summed E-state index contributed by atoms with van der Waals surface area (Å²) in [6, 6.07) is -0.696. The van der Waals surface area contributed by atoms with Crippen LogP contribution in [0.25, 0.3) is 0 Å². The maximum atomic E-state index is 13.5. The van der Waals surface area contributed by atoms with Gasteiger partial charge in [-0.15, -0.1) is 0 Å². The molecule has 16 nitrogen and oxygen atoms in total. The van der Waals surface area contributed by atoms with Gasteiger partial charge in [-0.25, -0.2) is 0 Å². The lowest BCUT2D eigenvalue weighted by molar-refractivity contribution is -0.162. The smallest absolute Gasteiger partial charge is 0.320 e. The van der Waals surface area contributed by atoms with Gasteiger partial charge in [0.1, 0.15) is 28.0 Å². The molecule has 0 aromatic heterocycles. The molecule has 0 unspecified atom stereocenters. The number of ether oxygens (including phenoxy) is 5. The Morgan fingerprint density at radius 3 is 0.897 bits per heavy atom. The monoisotopic (exact) mass is 829 g/mol. The maximum absolute atomic E-state index is 13.5. The molecule has 0 amide bonds. The van der Waals surface area contributed by atoms with Crippen molar-refractivity contribution in [3.8, 4) is 0 Å². The van der Waals surface area contributed by atoms with Gasteiger partial charge < -0.3 is 28.8 Å². The lowest BCUT2D eigenvalue weighted by Crippen LogP contribution is -2.58. The second-order valence-corrected chi connectivity index (χ2v) is 20.1. The molecule has 0 bridgehead atoms. The highest BCUT2D eigenvalue weighted by atomic mass is 16.6. The number of nitrogens with zero attached hydrogens (tertiary/aromatic N) is 4. The average Bonchev–Trinajstić information content (AvgIpc) is 2.96. The van der Waals surface area contributed by atoms with Crippen molar-refractivity contribution in [2.45, 2.75) is 170 Å². The van der Waals surface area contributed by atoms with Gasteiger partial charge in [0, 0.05) is 38.3 Å². The zero-order valence-corrected chi connectivity index (χ0v) is 38.3. The lowest BCUT2D eigenvalue weighted by Gasteiger charge is -2.45. The first-order chi connectivity index (χ1) is 26.2. The predicted octanol–water partition coefficient (Wildman–Crippen LogP) is 4.30. The van der Waals surface area contributed by atoms with Crippen LogP contribution in [-0.4, -0.2) is 166 Å². The second kappa shape index (κ2) is 22.3. The minimum Gasteiger partial charge on any atom is -0.480 e. The van der Waals surface area contributed by atoms with E-state index in [9.17, 15) is 33.9 Å². The van der Waals surface area contributed by atoms with E-state index in [1.54, 1.807) is 114 Å². The summed E-state index contributed by atoms with van der Waals surface area (Å²) in [5.74, 6) is -3.67. The summed E-state index contributed by atoms with van der Waals surface area (Å²) in [5, 5.41) is 10.1. The molecule has 0 aromatic carbocycles. The van der Waals surface area contributed by atoms with Crippen molar-refractivity contribution < 1.29 is 57.6 Å². The van der Waals surface area contributed by atoms with Crippen molar-refractivity contribution in [2.24, 2.45) is 0 Å². The van der Waals surface area contributed by atoms with Crippen LogP contribution in [0.3, 0.4) is 0 Å². The number of hydrogen-bond donors (Lipinski definition) is 1. The maximum Gasteiger partial charge on any atom is 0.320 e. The van der Waals surface area contributed by atoms with E-state index in [1.165, 1.54) is 0 Å². The van der Waals surface area contributed by atoms with Crippen LogP contribution in [0.15, 0.2) is 0 Å². The van der Waals surface area contributed by atoms with Gasteiger partial charge in [-0.3, -0.25) is 48.4 Å². The average molecular weight is 829 g/mol. The van der Waals surface area contributed by atoms with Gasteiger partial charge >= 0.3 is 35.8 Å². The van der Waals surface area contributed by atoms with Gasteiger partial charge in [0.2, 0.25) is 0 Å². The van der Waals surface area contributed by atoms with E-state index in [4.69, 9.17) is 23.7 Å². The Morgan fingerprint density at radius 1 is 0.414 bits per heavy atom. The van der Waals surface area contributed by atoms with Crippen LogP contribution in [0.5, 0.6) is 0 Å². The van der Waals surface area contributed by atoms with Crippen molar-refractivity contribution in [3.05, 3.63) is 0 Å². The molecule has 1 saturated carbocycles. The Kier molecular flexibility index (Phi) is 20.3. The van der Waals surface area contributed by atoms with Gasteiger partial charge in [-0.2, -0.15) is 0 Å². The van der Waals surface area contributed by atoms with E-state index in [0.29, 0.717) is 12.8 Å². The minimum absolute atomic E-state index is 0.129. The zero-order valence-electron chi connectivity index (χ0n) is 38.3. The molecule has 0 heterocycles. The van der Waals surface area contributed by atoms with E-state index in [-0.39, 0.29) is 77.5 Å². The van der Waals surface area contributed by atoms with Crippen LogP contribution in [-0.2, 0) is 52.5 Å². The molecular weight excluding hydrogens is 752 g/mol. The van der Waals surface area contributed by atoms with Gasteiger partial charge in [0.25, 0.3) is 0 Å². The first kappa shape index (κ1) is 52.7. The molecule has 336 valence electrons.